The monoisotopic (exact) mass is 420 g/mol. The van der Waals surface area contributed by atoms with Gasteiger partial charge < -0.3 is 14.6 Å². The van der Waals surface area contributed by atoms with E-state index in [0.717, 1.165) is 22.4 Å². The van der Waals surface area contributed by atoms with Gasteiger partial charge in [-0.2, -0.15) is 0 Å². The van der Waals surface area contributed by atoms with Gasteiger partial charge in [0.25, 0.3) is 5.91 Å². The summed E-state index contributed by atoms with van der Waals surface area (Å²) in [6.07, 6.45) is 0. The standard InChI is InChI=1S/C26H32N2O3/c1-16-8-9-17(2)23(14-16)30-15-22-19(4)31-28-24(22)25(29)27-18(3)20-10-12-21(13-11-20)26(5,6)7/h8-14,18H,15H2,1-7H3,(H,27,29). The maximum atomic E-state index is 12.9. The maximum Gasteiger partial charge on any atom is 0.274 e. The molecule has 0 radical (unpaired) electrons. The second-order valence-corrected chi connectivity index (χ2v) is 9.19. The highest BCUT2D eigenvalue weighted by Gasteiger charge is 2.22. The summed E-state index contributed by atoms with van der Waals surface area (Å²) in [5.74, 6) is 1.10. The number of nitrogens with one attached hydrogen (secondary N) is 1. The quantitative estimate of drug-likeness (QED) is 0.534. The number of carbonyl (C=O) groups excluding carboxylic acids is 1. The van der Waals surface area contributed by atoms with Crippen LogP contribution in [0.15, 0.2) is 47.0 Å². The van der Waals surface area contributed by atoms with Crippen LogP contribution in [0.5, 0.6) is 5.75 Å². The Morgan fingerprint density at radius 1 is 1.10 bits per heavy atom. The van der Waals surface area contributed by atoms with Crippen molar-refractivity contribution in [3.8, 4) is 5.75 Å². The summed E-state index contributed by atoms with van der Waals surface area (Å²) in [7, 11) is 0. The summed E-state index contributed by atoms with van der Waals surface area (Å²) >= 11 is 0. The van der Waals surface area contributed by atoms with Crippen molar-refractivity contribution in [2.45, 2.75) is 66.5 Å². The van der Waals surface area contributed by atoms with E-state index in [2.05, 4.69) is 55.5 Å². The third kappa shape index (κ3) is 5.35. The Hall–Kier alpha value is -3.08. The van der Waals surface area contributed by atoms with Crippen LogP contribution >= 0.6 is 0 Å². The molecule has 1 aromatic heterocycles. The molecule has 3 aromatic rings. The van der Waals surface area contributed by atoms with E-state index in [1.807, 2.05) is 39.0 Å². The van der Waals surface area contributed by atoms with Crippen molar-refractivity contribution >= 4 is 5.91 Å². The number of hydrogen-bond donors (Lipinski definition) is 1. The van der Waals surface area contributed by atoms with Crippen LogP contribution in [0.1, 0.15) is 77.8 Å². The second kappa shape index (κ2) is 8.96. The predicted molar refractivity (Wildman–Crippen MR) is 123 cm³/mol. The van der Waals surface area contributed by atoms with Gasteiger partial charge in [0.1, 0.15) is 18.1 Å². The first-order valence-electron chi connectivity index (χ1n) is 10.6. The second-order valence-electron chi connectivity index (χ2n) is 9.19. The molecule has 0 fully saturated rings. The minimum Gasteiger partial charge on any atom is -0.488 e. The summed E-state index contributed by atoms with van der Waals surface area (Å²) in [6.45, 7) is 14.5. The van der Waals surface area contributed by atoms with Crippen LogP contribution in [0.4, 0.5) is 0 Å². The molecule has 1 atom stereocenters. The SMILES string of the molecule is Cc1ccc(C)c(OCc2c(C(=O)NC(C)c3ccc(C(C)(C)C)cc3)noc2C)c1. The van der Waals surface area contributed by atoms with E-state index >= 15 is 0 Å². The van der Waals surface area contributed by atoms with Crippen LogP contribution in [0, 0.1) is 20.8 Å². The van der Waals surface area contributed by atoms with Crippen molar-refractivity contribution in [2.75, 3.05) is 0 Å². The zero-order valence-electron chi connectivity index (χ0n) is 19.5. The molecule has 0 saturated carbocycles. The fourth-order valence-corrected chi connectivity index (χ4v) is 3.37. The Balaban J connectivity index is 1.71. The highest BCUT2D eigenvalue weighted by Crippen LogP contribution is 2.25. The number of benzene rings is 2. The van der Waals surface area contributed by atoms with E-state index in [1.165, 1.54) is 5.56 Å². The zero-order valence-corrected chi connectivity index (χ0v) is 19.5. The summed E-state index contributed by atoms with van der Waals surface area (Å²) < 4.78 is 11.3. The third-order valence-electron chi connectivity index (χ3n) is 5.54. The van der Waals surface area contributed by atoms with Crippen LogP contribution in [0.2, 0.25) is 0 Å². The Morgan fingerprint density at radius 2 is 1.77 bits per heavy atom. The molecule has 0 aliphatic rings. The lowest BCUT2D eigenvalue weighted by Crippen LogP contribution is -2.28. The summed E-state index contributed by atoms with van der Waals surface area (Å²) in [5.41, 5.74) is 5.47. The molecule has 1 N–H and O–H groups in total. The van der Waals surface area contributed by atoms with Crippen LogP contribution < -0.4 is 10.1 Å². The van der Waals surface area contributed by atoms with E-state index in [-0.39, 0.29) is 29.7 Å². The van der Waals surface area contributed by atoms with Gasteiger partial charge in [0.2, 0.25) is 0 Å². The number of hydrogen-bond acceptors (Lipinski definition) is 4. The molecule has 0 aliphatic carbocycles. The maximum absolute atomic E-state index is 12.9. The van der Waals surface area contributed by atoms with Crippen molar-refractivity contribution in [3.05, 3.63) is 81.7 Å². The van der Waals surface area contributed by atoms with Crippen LogP contribution in [-0.4, -0.2) is 11.1 Å². The van der Waals surface area contributed by atoms with E-state index in [0.29, 0.717) is 11.3 Å². The molecule has 164 valence electrons. The van der Waals surface area contributed by atoms with Gasteiger partial charge in [0.15, 0.2) is 5.69 Å². The smallest absolute Gasteiger partial charge is 0.274 e. The Labute approximate surface area is 184 Å². The molecular formula is C26H32N2O3. The van der Waals surface area contributed by atoms with E-state index in [4.69, 9.17) is 9.26 Å². The van der Waals surface area contributed by atoms with Gasteiger partial charge in [0.05, 0.1) is 11.6 Å². The highest BCUT2D eigenvalue weighted by atomic mass is 16.5. The molecule has 5 heteroatoms. The van der Waals surface area contributed by atoms with Crippen LogP contribution in [-0.2, 0) is 12.0 Å². The lowest BCUT2D eigenvalue weighted by molar-refractivity contribution is 0.0928. The number of carbonyl (C=O) groups is 1. The first-order valence-corrected chi connectivity index (χ1v) is 10.6. The van der Waals surface area contributed by atoms with Crippen molar-refractivity contribution < 1.29 is 14.1 Å². The molecule has 31 heavy (non-hydrogen) atoms. The Bertz CT molecular complexity index is 1060. The number of nitrogens with zero attached hydrogens (tertiary/aromatic N) is 1. The fourth-order valence-electron chi connectivity index (χ4n) is 3.37. The van der Waals surface area contributed by atoms with Gasteiger partial charge in [-0.3, -0.25) is 4.79 Å². The minimum absolute atomic E-state index is 0.0911. The highest BCUT2D eigenvalue weighted by molar-refractivity contribution is 5.94. The van der Waals surface area contributed by atoms with Gasteiger partial charge in [-0.25, -0.2) is 0 Å². The molecule has 0 spiro atoms. The summed E-state index contributed by atoms with van der Waals surface area (Å²) in [6, 6.07) is 14.2. The van der Waals surface area contributed by atoms with Gasteiger partial charge in [0, 0.05) is 0 Å². The first kappa shape index (κ1) is 22.6. The van der Waals surface area contributed by atoms with Crippen molar-refractivity contribution in [1.29, 1.82) is 0 Å². The van der Waals surface area contributed by atoms with E-state index in [1.54, 1.807) is 6.92 Å². The van der Waals surface area contributed by atoms with Crippen LogP contribution in [0.3, 0.4) is 0 Å². The van der Waals surface area contributed by atoms with E-state index in [9.17, 15) is 4.79 Å². The fraction of sp³-hybridized carbons (Fsp3) is 0.385. The molecule has 1 unspecified atom stereocenters. The average molecular weight is 421 g/mol. The lowest BCUT2D eigenvalue weighted by atomic mass is 9.86. The zero-order chi connectivity index (χ0) is 22.8. The molecule has 3 rings (SSSR count). The Kier molecular flexibility index (Phi) is 6.54. The summed E-state index contributed by atoms with van der Waals surface area (Å²) in [5, 5.41) is 7.02. The molecule has 0 aliphatic heterocycles. The van der Waals surface area contributed by atoms with E-state index < -0.39 is 0 Å². The van der Waals surface area contributed by atoms with Gasteiger partial charge >= 0.3 is 0 Å². The first-order chi connectivity index (χ1) is 14.6. The third-order valence-corrected chi connectivity index (χ3v) is 5.54. The van der Waals surface area contributed by atoms with Gasteiger partial charge in [-0.1, -0.05) is 62.3 Å². The molecular weight excluding hydrogens is 388 g/mol. The molecule has 0 bridgehead atoms. The topological polar surface area (TPSA) is 64.4 Å². The number of aryl methyl sites for hydroxylation is 3. The lowest BCUT2D eigenvalue weighted by Gasteiger charge is -2.20. The molecule has 1 amide bonds. The number of ether oxygens (including phenoxy) is 1. The van der Waals surface area contributed by atoms with Crippen LogP contribution in [0.25, 0.3) is 0 Å². The molecule has 2 aromatic carbocycles. The number of aromatic nitrogens is 1. The van der Waals surface area contributed by atoms with Crippen molar-refractivity contribution in [3.63, 3.8) is 0 Å². The van der Waals surface area contributed by atoms with Crippen molar-refractivity contribution in [1.82, 2.24) is 10.5 Å². The predicted octanol–water partition coefficient (Wildman–Crippen LogP) is 5.97. The average Bonchev–Trinajstić information content (AvgIpc) is 3.08. The minimum atomic E-state index is -0.274. The largest absolute Gasteiger partial charge is 0.488 e. The molecule has 1 heterocycles. The molecule has 0 saturated heterocycles. The normalized spacial score (nSPS) is 12.5. The van der Waals surface area contributed by atoms with Gasteiger partial charge in [-0.15, -0.1) is 0 Å². The number of rotatable bonds is 6. The molecule has 5 nitrogen and oxygen atoms in total. The Morgan fingerprint density at radius 3 is 2.42 bits per heavy atom. The van der Waals surface area contributed by atoms with Gasteiger partial charge in [-0.05, 0) is 61.4 Å². The number of amides is 1. The summed E-state index contributed by atoms with van der Waals surface area (Å²) in [4.78, 5) is 12.9. The van der Waals surface area contributed by atoms with Crippen molar-refractivity contribution in [2.24, 2.45) is 0 Å².